The van der Waals surface area contributed by atoms with Crippen LogP contribution in [0.4, 0.5) is 4.39 Å². The zero-order chi connectivity index (χ0) is 15.1. The minimum atomic E-state index is -0.431. The number of nitrogens with one attached hydrogen (secondary N) is 1. The summed E-state index contributed by atoms with van der Waals surface area (Å²) in [7, 11) is 1.59. The predicted molar refractivity (Wildman–Crippen MR) is 81.6 cm³/mol. The number of hydrogen-bond donors (Lipinski definition) is 2. The van der Waals surface area contributed by atoms with Crippen LogP contribution in [0.15, 0.2) is 24.3 Å². The SMILES string of the molecule is COCC(O)CCNC(c1ccc(F)cc1)C1CCCC1. The molecule has 0 radical (unpaired) electrons. The van der Waals surface area contributed by atoms with Crippen molar-refractivity contribution in [3.63, 3.8) is 0 Å². The first-order valence-electron chi connectivity index (χ1n) is 7.86. The molecule has 1 saturated carbocycles. The van der Waals surface area contributed by atoms with Gasteiger partial charge in [-0.2, -0.15) is 0 Å². The number of aliphatic hydroxyl groups excluding tert-OH is 1. The molecule has 1 aliphatic rings. The fourth-order valence-corrected chi connectivity index (χ4v) is 3.20. The summed E-state index contributed by atoms with van der Waals surface area (Å²) in [5, 5.41) is 13.3. The summed E-state index contributed by atoms with van der Waals surface area (Å²) >= 11 is 0. The Morgan fingerprint density at radius 3 is 2.57 bits per heavy atom. The highest BCUT2D eigenvalue weighted by Gasteiger charge is 2.26. The topological polar surface area (TPSA) is 41.5 Å². The molecule has 0 bridgehead atoms. The third-order valence-electron chi connectivity index (χ3n) is 4.30. The number of rotatable bonds is 8. The van der Waals surface area contributed by atoms with Crippen molar-refractivity contribution < 1.29 is 14.2 Å². The molecule has 118 valence electrons. The van der Waals surface area contributed by atoms with Crippen LogP contribution in [0.3, 0.4) is 0 Å². The van der Waals surface area contributed by atoms with Gasteiger partial charge in [0.2, 0.25) is 0 Å². The van der Waals surface area contributed by atoms with Gasteiger partial charge in [-0.1, -0.05) is 25.0 Å². The lowest BCUT2D eigenvalue weighted by atomic mass is 9.91. The van der Waals surface area contributed by atoms with Crippen LogP contribution >= 0.6 is 0 Å². The smallest absolute Gasteiger partial charge is 0.123 e. The van der Waals surface area contributed by atoms with Gasteiger partial charge < -0.3 is 15.2 Å². The zero-order valence-corrected chi connectivity index (χ0v) is 12.7. The number of halogens is 1. The molecule has 1 aromatic rings. The lowest BCUT2D eigenvalue weighted by Gasteiger charge is -2.26. The maximum atomic E-state index is 13.1. The summed E-state index contributed by atoms with van der Waals surface area (Å²) in [6.07, 6.45) is 5.22. The van der Waals surface area contributed by atoms with E-state index in [0.717, 1.165) is 12.1 Å². The third-order valence-corrected chi connectivity index (χ3v) is 4.30. The Hall–Kier alpha value is -0.970. The zero-order valence-electron chi connectivity index (χ0n) is 12.7. The Bertz CT molecular complexity index is 404. The van der Waals surface area contributed by atoms with E-state index in [1.807, 2.05) is 12.1 Å². The molecule has 0 spiro atoms. The van der Waals surface area contributed by atoms with E-state index in [-0.39, 0.29) is 11.9 Å². The van der Waals surface area contributed by atoms with Crippen molar-refractivity contribution in [3.8, 4) is 0 Å². The molecule has 2 unspecified atom stereocenters. The molecule has 0 amide bonds. The summed E-state index contributed by atoms with van der Waals surface area (Å²) in [4.78, 5) is 0. The van der Waals surface area contributed by atoms with E-state index in [1.54, 1.807) is 7.11 Å². The molecule has 2 atom stereocenters. The molecule has 1 aliphatic carbocycles. The second kappa shape index (κ2) is 8.47. The Labute approximate surface area is 126 Å². The minimum Gasteiger partial charge on any atom is -0.391 e. The predicted octanol–water partition coefficient (Wildman–Crippen LogP) is 3.04. The van der Waals surface area contributed by atoms with Gasteiger partial charge >= 0.3 is 0 Å². The van der Waals surface area contributed by atoms with Crippen LogP contribution in [0.5, 0.6) is 0 Å². The van der Waals surface area contributed by atoms with Crippen LogP contribution in [-0.4, -0.2) is 31.5 Å². The van der Waals surface area contributed by atoms with E-state index in [9.17, 15) is 9.50 Å². The Morgan fingerprint density at radius 1 is 1.29 bits per heavy atom. The van der Waals surface area contributed by atoms with Gasteiger partial charge in [0.15, 0.2) is 0 Å². The number of benzene rings is 1. The van der Waals surface area contributed by atoms with E-state index in [0.29, 0.717) is 18.9 Å². The molecular weight excluding hydrogens is 269 g/mol. The molecule has 1 aromatic carbocycles. The highest BCUT2D eigenvalue weighted by atomic mass is 19.1. The first-order valence-corrected chi connectivity index (χ1v) is 7.86. The maximum Gasteiger partial charge on any atom is 0.123 e. The quantitative estimate of drug-likeness (QED) is 0.774. The van der Waals surface area contributed by atoms with Gasteiger partial charge in [0, 0.05) is 13.2 Å². The average Bonchev–Trinajstić information content (AvgIpc) is 2.99. The van der Waals surface area contributed by atoms with Crippen molar-refractivity contribution >= 4 is 0 Å². The van der Waals surface area contributed by atoms with Crippen molar-refractivity contribution in [2.24, 2.45) is 5.92 Å². The molecule has 0 aromatic heterocycles. The summed E-state index contributed by atoms with van der Waals surface area (Å²) in [5.41, 5.74) is 1.14. The van der Waals surface area contributed by atoms with Crippen LogP contribution in [0, 0.1) is 11.7 Å². The van der Waals surface area contributed by atoms with Gasteiger partial charge in [0.25, 0.3) is 0 Å². The van der Waals surface area contributed by atoms with Crippen LogP contribution in [-0.2, 0) is 4.74 Å². The molecule has 0 heterocycles. The van der Waals surface area contributed by atoms with E-state index in [2.05, 4.69) is 5.32 Å². The number of ether oxygens (including phenoxy) is 1. The second-order valence-electron chi connectivity index (χ2n) is 5.93. The fourth-order valence-electron chi connectivity index (χ4n) is 3.20. The Morgan fingerprint density at radius 2 is 1.95 bits per heavy atom. The molecule has 1 fully saturated rings. The molecule has 0 saturated heterocycles. The van der Waals surface area contributed by atoms with Gasteiger partial charge in [-0.05, 0) is 49.4 Å². The van der Waals surface area contributed by atoms with Crippen LogP contribution < -0.4 is 5.32 Å². The summed E-state index contributed by atoms with van der Waals surface area (Å²) < 4.78 is 18.0. The normalized spacial score (nSPS) is 18.8. The van der Waals surface area contributed by atoms with Crippen molar-refractivity contribution in [1.29, 1.82) is 0 Å². The van der Waals surface area contributed by atoms with Gasteiger partial charge in [-0.3, -0.25) is 0 Å². The summed E-state index contributed by atoms with van der Waals surface area (Å²) in [6.45, 7) is 1.11. The number of hydrogen-bond acceptors (Lipinski definition) is 3. The lowest BCUT2D eigenvalue weighted by Crippen LogP contribution is -2.30. The second-order valence-corrected chi connectivity index (χ2v) is 5.93. The van der Waals surface area contributed by atoms with Crippen LogP contribution in [0.25, 0.3) is 0 Å². The molecular formula is C17H26FNO2. The van der Waals surface area contributed by atoms with Crippen LogP contribution in [0.2, 0.25) is 0 Å². The number of methoxy groups -OCH3 is 1. The lowest BCUT2D eigenvalue weighted by molar-refractivity contribution is 0.0585. The molecule has 3 nitrogen and oxygen atoms in total. The van der Waals surface area contributed by atoms with Crippen LogP contribution in [0.1, 0.15) is 43.7 Å². The third kappa shape index (κ3) is 5.06. The molecule has 4 heteroatoms. The molecule has 21 heavy (non-hydrogen) atoms. The van der Waals surface area contributed by atoms with E-state index in [4.69, 9.17) is 4.74 Å². The minimum absolute atomic E-state index is 0.195. The first kappa shape index (κ1) is 16.4. The van der Waals surface area contributed by atoms with Gasteiger partial charge in [0.05, 0.1) is 12.7 Å². The molecule has 0 aliphatic heterocycles. The first-order chi connectivity index (χ1) is 10.2. The Balaban J connectivity index is 1.94. The largest absolute Gasteiger partial charge is 0.391 e. The molecule has 2 rings (SSSR count). The summed E-state index contributed by atoms with van der Waals surface area (Å²) in [6, 6.07) is 7.05. The van der Waals surface area contributed by atoms with Crippen molar-refractivity contribution in [2.45, 2.75) is 44.2 Å². The van der Waals surface area contributed by atoms with E-state index in [1.165, 1.54) is 37.8 Å². The van der Waals surface area contributed by atoms with Gasteiger partial charge in [-0.15, -0.1) is 0 Å². The summed E-state index contributed by atoms with van der Waals surface area (Å²) in [5.74, 6) is 0.412. The van der Waals surface area contributed by atoms with Crippen molar-refractivity contribution in [2.75, 3.05) is 20.3 Å². The highest BCUT2D eigenvalue weighted by molar-refractivity contribution is 5.21. The highest BCUT2D eigenvalue weighted by Crippen LogP contribution is 2.35. The van der Waals surface area contributed by atoms with Gasteiger partial charge in [-0.25, -0.2) is 4.39 Å². The average molecular weight is 295 g/mol. The standard InChI is InChI=1S/C17H26FNO2/c1-21-12-16(20)10-11-19-17(13-4-2-3-5-13)14-6-8-15(18)9-7-14/h6-9,13,16-17,19-20H,2-5,10-12H2,1H3. The number of aliphatic hydroxyl groups is 1. The van der Waals surface area contributed by atoms with Crippen molar-refractivity contribution in [3.05, 3.63) is 35.6 Å². The van der Waals surface area contributed by atoms with Gasteiger partial charge in [0.1, 0.15) is 5.82 Å². The van der Waals surface area contributed by atoms with E-state index >= 15 is 0 Å². The maximum absolute atomic E-state index is 13.1. The van der Waals surface area contributed by atoms with Crippen molar-refractivity contribution in [1.82, 2.24) is 5.32 Å². The Kier molecular flexibility index (Phi) is 6.61. The monoisotopic (exact) mass is 295 g/mol. The molecule has 2 N–H and O–H groups in total. The fraction of sp³-hybridized carbons (Fsp3) is 0.647. The van der Waals surface area contributed by atoms with E-state index < -0.39 is 6.10 Å².